The molecule has 0 bridgehead atoms. The van der Waals surface area contributed by atoms with Gasteiger partial charge in [-0.3, -0.25) is 4.79 Å². The molecule has 5 nitrogen and oxygen atoms in total. The number of nitrogens with one attached hydrogen (secondary N) is 2. The highest BCUT2D eigenvalue weighted by Crippen LogP contribution is 2.24. The predicted octanol–water partition coefficient (Wildman–Crippen LogP) is 0.941. The maximum atomic E-state index is 14.0. The van der Waals surface area contributed by atoms with Crippen molar-refractivity contribution in [2.45, 2.75) is 4.90 Å². The van der Waals surface area contributed by atoms with E-state index in [-0.39, 0.29) is 5.56 Å². The van der Waals surface area contributed by atoms with Crippen LogP contribution in [0.5, 0.6) is 0 Å². The Kier molecular flexibility index (Phi) is 5.45. The van der Waals surface area contributed by atoms with E-state index in [1.54, 1.807) is 7.05 Å². The molecule has 0 saturated carbocycles. The molecular formula is C11H14BrFN2O3S. The highest BCUT2D eigenvalue weighted by molar-refractivity contribution is 9.10. The third kappa shape index (κ3) is 4.26. The van der Waals surface area contributed by atoms with Gasteiger partial charge < -0.3 is 10.6 Å². The van der Waals surface area contributed by atoms with E-state index in [9.17, 15) is 17.6 Å². The Morgan fingerprint density at radius 2 is 2.00 bits per heavy atom. The van der Waals surface area contributed by atoms with Gasteiger partial charge in [-0.2, -0.15) is 0 Å². The normalized spacial score (nSPS) is 11.4. The van der Waals surface area contributed by atoms with Crippen molar-refractivity contribution < 1.29 is 17.6 Å². The third-order valence-corrected chi connectivity index (χ3v) is 3.86. The molecule has 0 saturated heterocycles. The molecule has 8 heteroatoms. The van der Waals surface area contributed by atoms with Gasteiger partial charge in [0.15, 0.2) is 15.7 Å². The zero-order valence-corrected chi connectivity index (χ0v) is 12.9. The monoisotopic (exact) mass is 352 g/mol. The zero-order chi connectivity index (χ0) is 14.6. The summed E-state index contributed by atoms with van der Waals surface area (Å²) >= 11 is 3.07. The summed E-state index contributed by atoms with van der Waals surface area (Å²) < 4.78 is 37.2. The fourth-order valence-corrected chi connectivity index (χ4v) is 2.78. The van der Waals surface area contributed by atoms with Gasteiger partial charge in [-0.05, 0) is 19.2 Å². The lowest BCUT2D eigenvalue weighted by atomic mass is 10.2. The van der Waals surface area contributed by atoms with Crippen LogP contribution in [0, 0.1) is 5.82 Å². The number of carbonyl (C=O) groups excluding carboxylic acids is 1. The van der Waals surface area contributed by atoms with E-state index in [2.05, 4.69) is 26.6 Å². The average Bonchev–Trinajstić information content (AvgIpc) is 2.30. The molecule has 2 N–H and O–H groups in total. The van der Waals surface area contributed by atoms with E-state index in [4.69, 9.17) is 0 Å². The lowest BCUT2D eigenvalue weighted by molar-refractivity contribution is 0.0949. The van der Waals surface area contributed by atoms with Crippen LogP contribution in [0.4, 0.5) is 4.39 Å². The van der Waals surface area contributed by atoms with Gasteiger partial charge >= 0.3 is 0 Å². The van der Waals surface area contributed by atoms with Crippen molar-refractivity contribution in [1.82, 2.24) is 10.6 Å². The quantitative estimate of drug-likeness (QED) is 0.773. The van der Waals surface area contributed by atoms with Gasteiger partial charge in [0.1, 0.15) is 4.90 Å². The number of hydrogen-bond acceptors (Lipinski definition) is 4. The maximum Gasteiger partial charge on any atom is 0.254 e. The Balaban J connectivity index is 3.15. The summed E-state index contributed by atoms with van der Waals surface area (Å²) in [5.74, 6) is -1.69. The fourth-order valence-electron chi connectivity index (χ4n) is 1.40. The molecule has 0 unspecified atom stereocenters. The molecule has 0 radical (unpaired) electrons. The van der Waals surface area contributed by atoms with Crippen molar-refractivity contribution in [3.63, 3.8) is 0 Å². The molecule has 0 aliphatic carbocycles. The molecular weight excluding hydrogens is 339 g/mol. The van der Waals surface area contributed by atoms with Crippen LogP contribution < -0.4 is 10.6 Å². The largest absolute Gasteiger partial charge is 0.351 e. The summed E-state index contributed by atoms with van der Waals surface area (Å²) in [6.45, 7) is 0.843. The molecule has 0 atom stereocenters. The van der Waals surface area contributed by atoms with Crippen LogP contribution in [0.2, 0.25) is 0 Å². The number of likely N-dealkylation sites (N-methyl/N-ethyl adjacent to an activating group) is 1. The molecule has 106 valence electrons. The Labute approximate surface area is 119 Å². The van der Waals surface area contributed by atoms with Crippen LogP contribution in [-0.4, -0.2) is 40.7 Å². The van der Waals surface area contributed by atoms with Crippen LogP contribution in [-0.2, 0) is 9.84 Å². The molecule has 19 heavy (non-hydrogen) atoms. The fraction of sp³-hybridized carbons (Fsp3) is 0.364. The highest BCUT2D eigenvalue weighted by atomic mass is 79.9. The van der Waals surface area contributed by atoms with Crippen molar-refractivity contribution in [2.75, 3.05) is 26.4 Å². The molecule has 1 amide bonds. The molecule has 1 rings (SSSR count). The van der Waals surface area contributed by atoms with Gasteiger partial charge in [-0.15, -0.1) is 0 Å². The molecule has 0 aromatic heterocycles. The smallest absolute Gasteiger partial charge is 0.254 e. The molecule has 0 aliphatic heterocycles. The Morgan fingerprint density at radius 1 is 1.37 bits per heavy atom. The van der Waals surface area contributed by atoms with Crippen LogP contribution in [0.1, 0.15) is 10.4 Å². The first-order valence-electron chi connectivity index (χ1n) is 5.39. The highest BCUT2D eigenvalue weighted by Gasteiger charge is 2.21. The Morgan fingerprint density at radius 3 is 2.53 bits per heavy atom. The molecule has 0 aliphatic rings. The lowest BCUT2D eigenvalue weighted by Crippen LogP contribution is -2.31. The van der Waals surface area contributed by atoms with Crippen molar-refractivity contribution in [3.8, 4) is 0 Å². The SMILES string of the molecule is CNCCNC(=O)c1cc(Br)cc(S(C)(=O)=O)c1F. The van der Waals surface area contributed by atoms with Gasteiger partial charge in [0.05, 0.1) is 5.56 Å². The van der Waals surface area contributed by atoms with Crippen LogP contribution in [0.15, 0.2) is 21.5 Å². The number of benzene rings is 1. The lowest BCUT2D eigenvalue weighted by Gasteiger charge is -2.09. The van der Waals surface area contributed by atoms with Crippen molar-refractivity contribution in [2.24, 2.45) is 0 Å². The van der Waals surface area contributed by atoms with Crippen LogP contribution in [0.25, 0.3) is 0 Å². The summed E-state index contributed by atoms with van der Waals surface area (Å²) in [5, 5.41) is 5.31. The molecule has 0 spiro atoms. The van der Waals surface area contributed by atoms with Gasteiger partial charge in [0, 0.05) is 23.8 Å². The number of hydrogen-bond donors (Lipinski definition) is 2. The van der Waals surface area contributed by atoms with Crippen molar-refractivity contribution in [1.29, 1.82) is 0 Å². The van der Waals surface area contributed by atoms with E-state index in [1.165, 1.54) is 6.07 Å². The van der Waals surface area contributed by atoms with E-state index in [1.807, 2.05) is 0 Å². The first kappa shape index (κ1) is 16.1. The topological polar surface area (TPSA) is 75.3 Å². The van der Waals surface area contributed by atoms with Gasteiger partial charge in [-0.25, -0.2) is 12.8 Å². The number of halogens is 2. The van der Waals surface area contributed by atoms with Crippen LogP contribution in [0.3, 0.4) is 0 Å². The van der Waals surface area contributed by atoms with E-state index < -0.39 is 26.5 Å². The molecule has 1 aromatic carbocycles. The summed E-state index contributed by atoms with van der Waals surface area (Å²) in [5.41, 5.74) is -0.300. The summed E-state index contributed by atoms with van der Waals surface area (Å²) in [6.07, 6.45) is 0.889. The van der Waals surface area contributed by atoms with Gasteiger partial charge in [-0.1, -0.05) is 15.9 Å². The first-order chi connectivity index (χ1) is 8.77. The minimum Gasteiger partial charge on any atom is -0.351 e. The number of rotatable bonds is 5. The summed E-state index contributed by atoms with van der Waals surface area (Å²) in [4.78, 5) is 11.3. The number of sulfone groups is 1. The zero-order valence-electron chi connectivity index (χ0n) is 10.5. The number of amides is 1. The van der Waals surface area contributed by atoms with Crippen molar-refractivity contribution in [3.05, 3.63) is 28.0 Å². The van der Waals surface area contributed by atoms with Crippen LogP contribution >= 0.6 is 15.9 Å². The standard InChI is InChI=1S/C11H14BrFN2O3S/c1-14-3-4-15-11(16)8-5-7(12)6-9(10(8)13)19(2,17)18/h5-6,14H,3-4H2,1-2H3,(H,15,16). The first-order valence-corrected chi connectivity index (χ1v) is 8.07. The maximum absolute atomic E-state index is 14.0. The second kappa shape index (κ2) is 6.44. The van der Waals surface area contributed by atoms with Gasteiger partial charge in [0.2, 0.25) is 0 Å². The second-order valence-electron chi connectivity index (χ2n) is 3.90. The van der Waals surface area contributed by atoms with Gasteiger partial charge in [0.25, 0.3) is 5.91 Å². The van der Waals surface area contributed by atoms with Crippen molar-refractivity contribution >= 4 is 31.7 Å². The summed E-state index contributed by atoms with van der Waals surface area (Å²) in [6, 6.07) is 2.38. The molecule has 1 aromatic rings. The number of carbonyl (C=O) groups is 1. The minimum atomic E-state index is -3.73. The molecule has 0 heterocycles. The Bertz CT molecular complexity index is 590. The minimum absolute atomic E-state index is 0.300. The van der Waals surface area contributed by atoms with E-state index in [0.717, 1.165) is 12.3 Å². The average molecular weight is 353 g/mol. The third-order valence-electron chi connectivity index (χ3n) is 2.31. The van der Waals surface area contributed by atoms with E-state index in [0.29, 0.717) is 17.6 Å². The Hall–Kier alpha value is -0.990. The second-order valence-corrected chi connectivity index (χ2v) is 6.80. The van der Waals surface area contributed by atoms with E-state index >= 15 is 0 Å². The summed E-state index contributed by atoms with van der Waals surface area (Å²) in [7, 11) is -2.02. The molecule has 0 fully saturated rings. The predicted molar refractivity (Wildman–Crippen MR) is 73.5 cm³/mol.